The van der Waals surface area contributed by atoms with Gasteiger partial charge < -0.3 is 14.4 Å². The average molecular weight is 419 g/mol. The highest BCUT2D eigenvalue weighted by molar-refractivity contribution is 6.03. The van der Waals surface area contributed by atoms with Crippen LogP contribution in [0.3, 0.4) is 0 Å². The molecule has 1 aliphatic rings. The quantitative estimate of drug-likeness (QED) is 0.438. The molecule has 1 aromatic rings. The summed E-state index contributed by atoms with van der Waals surface area (Å²) in [4.78, 5) is 38.3. The highest BCUT2D eigenvalue weighted by Crippen LogP contribution is 2.23. The highest BCUT2D eigenvalue weighted by Gasteiger charge is 2.27. The number of esters is 1. The van der Waals surface area contributed by atoms with Crippen LogP contribution in [0.2, 0.25) is 0 Å². The van der Waals surface area contributed by atoms with Crippen LogP contribution in [0.25, 0.3) is 0 Å². The van der Waals surface area contributed by atoms with Crippen molar-refractivity contribution in [2.75, 3.05) is 26.2 Å². The largest absolute Gasteiger partial charge is 0.464 e. The summed E-state index contributed by atoms with van der Waals surface area (Å²) in [6, 6.07) is 8.78. The van der Waals surface area contributed by atoms with Gasteiger partial charge >= 0.3 is 12.1 Å². The molecule has 7 heteroatoms. The van der Waals surface area contributed by atoms with E-state index in [1.54, 1.807) is 11.8 Å². The lowest BCUT2D eigenvalue weighted by atomic mass is 9.91. The third-order valence-electron chi connectivity index (χ3n) is 5.37. The molecule has 1 aliphatic heterocycles. The Bertz CT molecular complexity index is 671. The molecule has 1 atom stereocenters. The molecule has 0 spiro atoms. The van der Waals surface area contributed by atoms with Gasteiger partial charge in [0.15, 0.2) is 11.8 Å². The van der Waals surface area contributed by atoms with Crippen LogP contribution in [0.15, 0.2) is 30.3 Å². The molecule has 0 saturated carbocycles. The lowest BCUT2D eigenvalue weighted by molar-refractivity contribution is -0.148. The molecule has 7 nitrogen and oxygen atoms in total. The smallest absolute Gasteiger partial charge is 0.410 e. The van der Waals surface area contributed by atoms with E-state index < -0.39 is 12.0 Å². The van der Waals surface area contributed by atoms with Gasteiger partial charge in [-0.2, -0.15) is 0 Å². The zero-order valence-electron chi connectivity index (χ0n) is 18.1. The maximum atomic E-state index is 12.4. The first-order valence-electron chi connectivity index (χ1n) is 10.9. The van der Waals surface area contributed by atoms with Crippen molar-refractivity contribution in [1.29, 1.82) is 0 Å². The zero-order valence-corrected chi connectivity index (χ0v) is 18.1. The van der Waals surface area contributed by atoms with Crippen LogP contribution in [0.1, 0.15) is 51.5 Å². The Kier molecular flexibility index (Phi) is 10.3. The molecule has 166 valence electrons. The molecule has 0 radical (unpaired) electrons. The Hall–Kier alpha value is -2.41. The number of nitrogens with one attached hydrogen (secondary N) is 1. The third kappa shape index (κ3) is 7.78. The standard InChI is InChI=1S/C23H34N2O5/c1-3-24-21(22(27)29-4-2)20(26)12-8-11-18-13-15-25(16-14-18)23(28)30-17-19-9-6-5-7-10-19/h5-7,9-10,18,21,24H,3-4,8,11-17H2,1-2H3. The van der Waals surface area contributed by atoms with Crippen LogP contribution in [-0.4, -0.2) is 55.0 Å². The molecule has 1 unspecified atom stereocenters. The number of benzene rings is 1. The molecule has 1 fully saturated rings. The predicted octanol–water partition coefficient (Wildman–Crippen LogP) is 3.32. The van der Waals surface area contributed by atoms with Gasteiger partial charge in [-0.3, -0.25) is 10.1 Å². The second-order valence-corrected chi connectivity index (χ2v) is 7.57. The normalized spacial score (nSPS) is 15.5. The molecule has 2 rings (SSSR count). The van der Waals surface area contributed by atoms with Crippen molar-refractivity contribution >= 4 is 17.8 Å². The van der Waals surface area contributed by atoms with Gasteiger partial charge in [-0.25, -0.2) is 9.59 Å². The summed E-state index contributed by atoms with van der Waals surface area (Å²) in [6.07, 6.45) is 3.56. The number of hydrogen-bond donors (Lipinski definition) is 1. The number of Topliss-reactive ketones (excluding diaryl/α,β-unsaturated/α-hetero) is 1. The van der Waals surface area contributed by atoms with Gasteiger partial charge in [0.2, 0.25) is 0 Å². The van der Waals surface area contributed by atoms with Crippen LogP contribution >= 0.6 is 0 Å². The Labute approximate surface area is 179 Å². The molecule has 1 aromatic carbocycles. The fraction of sp³-hybridized carbons (Fsp3) is 0.609. The summed E-state index contributed by atoms with van der Waals surface area (Å²) in [5, 5.41) is 2.92. The van der Waals surface area contributed by atoms with E-state index in [0.717, 1.165) is 31.2 Å². The number of ether oxygens (including phenoxy) is 2. The van der Waals surface area contributed by atoms with E-state index in [1.807, 2.05) is 37.3 Å². The number of hydrogen-bond acceptors (Lipinski definition) is 6. The maximum absolute atomic E-state index is 12.4. The van der Waals surface area contributed by atoms with Crippen LogP contribution in [0.4, 0.5) is 4.79 Å². The zero-order chi connectivity index (χ0) is 21.8. The number of carbonyl (C=O) groups excluding carboxylic acids is 3. The lowest BCUT2D eigenvalue weighted by Crippen LogP contribution is -2.44. The van der Waals surface area contributed by atoms with Crippen molar-refractivity contribution in [3.63, 3.8) is 0 Å². The summed E-state index contributed by atoms with van der Waals surface area (Å²) in [7, 11) is 0. The van der Waals surface area contributed by atoms with Crippen LogP contribution in [0.5, 0.6) is 0 Å². The minimum Gasteiger partial charge on any atom is -0.464 e. The average Bonchev–Trinajstić information content (AvgIpc) is 2.77. The molecular weight excluding hydrogens is 384 g/mol. The first kappa shape index (κ1) is 23.9. The number of likely N-dealkylation sites (N-methyl/N-ethyl adjacent to an activating group) is 1. The van der Waals surface area contributed by atoms with Crippen molar-refractivity contribution in [1.82, 2.24) is 10.2 Å². The minimum atomic E-state index is -0.865. The molecule has 1 saturated heterocycles. The van der Waals surface area contributed by atoms with Crippen molar-refractivity contribution in [2.24, 2.45) is 5.92 Å². The van der Waals surface area contributed by atoms with E-state index >= 15 is 0 Å². The number of ketones is 1. The minimum absolute atomic E-state index is 0.114. The lowest BCUT2D eigenvalue weighted by Gasteiger charge is -2.31. The first-order valence-corrected chi connectivity index (χ1v) is 10.9. The van der Waals surface area contributed by atoms with Gasteiger partial charge in [0.05, 0.1) is 6.61 Å². The maximum Gasteiger partial charge on any atom is 0.410 e. The van der Waals surface area contributed by atoms with Crippen molar-refractivity contribution < 1.29 is 23.9 Å². The third-order valence-corrected chi connectivity index (χ3v) is 5.37. The number of amides is 1. The van der Waals surface area contributed by atoms with Gasteiger partial charge in [-0.15, -0.1) is 0 Å². The van der Waals surface area contributed by atoms with E-state index in [4.69, 9.17) is 9.47 Å². The van der Waals surface area contributed by atoms with Gasteiger partial charge in [-0.1, -0.05) is 37.3 Å². The number of rotatable bonds is 11. The summed E-state index contributed by atoms with van der Waals surface area (Å²) < 4.78 is 10.4. The SMILES string of the molecule is CCNC(C(=O)CCCC1CCN(C(=O)OCc2ccccc2)CC1)C(=O)OCC. The van der Waals surface area contributed by atoms with E-state index in [-0.39, 0.29) is 25.1 Å². The van der Waals surface area contributed by atoms with Crippen LogP contribution < -0.4 is 5.32 Å². The van der Waals surface area contributed by atoms with Crippen LogP contribution in [0, 0.1) is 5.92 Å². The van der Waals surface area contributed by atoms with Gasteiger partial charge in [0.25, 0.3) is 0 Å². The Morgan fingerprint density at radius 3 is 2.43 bits per heavy atom. The second kappa shape index (κ2) is 13.0. The number of carbonyl (C=O) groups is 3. The van der Waals surface area contributed by atoms with E-state index in [2.05, 4.69) is 5.32 Å². The van der Waals surface area contributed by atoms with Crippen LogP contribution in [-0.2, 0) is 25.7 Å². The number of likely N-dealkylation sites (tertiary alicyclic amines) is 1. The highest BCUT2D eigenvalue weighted by atomic mass is 16.6. The summed E-state index contributed by atoms with van der Waals surface area (Å²) in [6.45, 7) is 6.03. The molecule has 1 N–H and O–H groups in total. The van der Waals surface area contributed by atoms with Gasteiger partial charge in [0.1, 0.15) is 6.61 Å². The van der Waals surface area contributed by atoms with E-state index in [0.29, 0.717) is 32.0 Å². The molecule has 1 amide bonds. The monoisotopic (exact) mass is 418 g/mol. The van der Waals surface area contributed by atoms with E-state index in [1.165, 1.54) is 0 Å². The number of piperidine rings is 1. The molecule has 30 heavy (non-hydrogen) atoms. The van der Waals surface area contributed by atoms with E-state index in [9.17, 15) is 14.4 Å². The fourth-order valence-corrected chi connectivity index (χ4v) is 3.68. The predicted molar refractivity (Wildman–Crippen MR) is 114 cm³/mol. The topological polar surface area (TPSA) is 84.9 Å². The Morgan fingerprint density at radius 2 is 1.80 bits per heavy atom. The van der Waals surface area contributed by atoms with Crippen molar-refractivity contribution in [2.45, 2.75) is 58.6 Å². The summed E-state index contributed by atoms with van der Waals surface area (Å²) in [5.41, 5.74) is 0.976. The van der Waals surface area contributed by atoms with Gasteiger partial charge in [0, 0.05) is 19.5 Å². The Balaban J connectivity index is 1.66. The van der Waals surface area contributed by atoms with Crippen molar-refractivity contribution in [3.05, 3.63) is 35.9 Å². The Morgan fingerprint density at radius 1 is 1.10 bits per heavy atom. The fourth-order valence-electron chi connectivity index (χ4n) is 3.68. The van der Waals surface area contributed by atoms with Crippen molar-refractivity contribution in [3.8, 4) is 0 Å². The first-order chi connectivity index (χ1) is 14.5. The number of nitrogens with zero attached hydrogens (tertiary/aromatic N) is 1. The molecule has 0 bridgehead atoms. The summed E-state index contributed by atoms with van der Waals surface area (Å²) in [5.74, 6) is -0.125. The second-order valence-electron chi connectivity index (χ2n) is 7.57. The molecule has 1 heterocycles. The molecular formula is C23H34N2O5. The molecule has 0 aliphatic carbocycles. The van der Waals surface area contributed by atoms with Gasteiger partial charge in [-0.05, 0) is 50.6 Å². The molecule has 0 aromatic heterocycles. The summed E-state index contributed by atoms with van der Waals surface area (Å²) >= 11 is 0.